The first-order chi connectivity index (χ1) is 18.2. The van der Waals surface area contributed by atoms with Gasteiger partial charge in [-0.25, -0.2) is 9.97 Å². The largest absolute Gasteiger partial charge is 0.467 e. The maximum absolute atomic E-state index is 11.8. The van der Waals surface area contributed by atoms with Crippen LogP contribution in [0.25, 0.3) is 0 Å². The molecule has 0 spiro atoms. The van der Waals surface area contributed by atoms with Crippen LogP contribution in [0, 0.1) is 0 Å². The van der Waals surface area contributed by atoms with Crippen LogP contribution >= 0.6 is 0 Å². The van der Waals surface area contributed by atoms with Crippen LogP contribution in [-0.4, -0.2) is 41.8 Å². The number of aromatic nitrogens is 3. The van der Waals surface area contributed by atoms with Gasteiger partial charge in [0.15, 0.2) is 0 Å². The number of para-hydroxylation sites is 1. The van der Waals surface area contributed by atoms with Gasteiger partial charge in [-0.15, -0.1) is 0 Å². The molecule has 188 valence electrons. The first kappa shape index (κ1) is 23.1. The molecule has 2 aliphatic heterocycles. The third-order valence-electron chi connectivity index (χ3n) is 6.68. The lowest BCUT2D eigenvalue weighted by atomic mass is 9.95. The first-order valence-electron chi connectivity index (χ1n) is 12.2. The van der Waals surface area contributed by atoms with Gasteiger partial charge < -0.3 is 29.4 Å². The number of pyridine rings is 1. The molecular formula is C28H27N5O4. The number of anilines is 2. The zero-order chi connectivity index (χ0) is 25.2. The van der Waals surface area contributed by atoms with Crippen molar-refractivity contribution in [1.29, 1.82) is 0 Å². The SMILES string of the molecule is COc1ncc(CNc2ccc3c(c2)Cc2cccc(C4CN(c5cc[nH]c(=O)c5)CCO4)c2O3)cn1. The summed E-state index contributed by atoms with van der Waals surface area (Å²) < 4.78 is 17.6. The summed E-state index contributed by atoms with van der Waals surface area (Å²) in [5.41, 5.74) is 6.03. The normalized spacial score (nSPS) is 16.4. The highest BCUT2D eigenvalue weighted by atomic mass is 16.5. The lowest BCUT2D eigenvalue weighted by Gasteiger charge is -2.36. The molecule has 2 aliphatic rings. The molecule has 6 rings (SSSR count). The predicted octanol–water partition coefficient (Wildman–Crippen LogP) is 4.06. The molecule has 0 aliphatic carbocycles. The van der Waals surface area contributed by atoms with Crippen molar-refractivity contribution in [2.24, 2.45) is 0 Å². The Balaban J connectivity index is 1.18. The van der Waals surface area contributed by atoms with Gasteiger partial charge in [0.2, 0.25) is 5.56 Å². The van der Waals surface area contributed by atoms with Gasteiger partial charge in [-0.2, -0.15) is 0 Å². The fraction of sp³-hybridized carbons (Fsp3) is 0.250. The van der Waals surface area contributed by atoms with E-state index in [0.717, 1.165) is 58.1 Å². The molecule has 1 fully saturated rings. The van der Waals surface area contributed by atoms with Gasteiger partial charge in [-0.05, 0) is 29.8 Å². The summed E-state index contributed by atoms with van der Waals surface area (Å²) in [6.45, 7) is 2.56. The first-order valence-corrected chi connectivity index (χ1v) is 12.2. The average molecular weight is 498 g/mol. The Labute approximate surface area is 214 Å². The molecule has 1 saturated heterocycles. The molecule has 1 atom stereocenters. The Morgan fingerprint density at radius 2 is 2.03 bits per heavy atom. The Bertz CT molecular complexity index is 1470. The summed E-state index contributed by atoms with van der Waals surface area (Å²) >= 11 is 0. The number of aromatic amines is 1. The number of hydrogen-bond acceptors (Lipinski definition) is 8. The topological polar surface area (TPSA) is 102 Å². The standard InChI is InChI=1S/C28H27N5O4/c1-35-28-31-15-18(16-32-28)14-30-21-5-6-24-20(12-21)11-19-3-2-4-23(27(19)37-24)25-17-33(9-10-36-25)22-7-8-29-26(34)13-22/h2-8,12-13,15-16,25,30H,9-11,14,17H2,1H3,(H,29,34). The Morgan fingerprint density at radius 3 is 2.86 bits per heavy atom. The minimum Gasteiger partial charge on any atom is -0.467 e. The molecule has 0 amide bonds. The lowest BCUT2D eigenvalue weighted by molar-refractivity contribution is 0.0384. The molecule has 2 aromatic carbocycles. The van der Waals surface area contributed by atoms with Crippen LogP contribution in [0.2, 0.25) is 0 Å². The van der Waals surface area contributed by atoms with Crippen LogP contribution in [-0.2, 0) is 17.7 Å². The van der Waals surface area contributed by atoms with E-state index in [1.165, 1.54) is 0 Å². The van der Waals surface area contributed by atoms with E-state index in [0.29, 0.717) is 25.7 Å². The van der Waals surface area contributed by atoms with Crippen molar-refractivity contribution in [3.8, 4) is 17.5 Å². The van der Waals surface area contributed by atoms with E-state index >= 15 is 0 Å². The summed E-state index contributed by atoms with van der Waals surface area (Å²) in [4.78, 5) is 25.0. The van der Waals surface area contributed by atoms with E-state index in [1.807, 2.05) is 18.2 Å². The maximum atomic E-state index is 11.8. The highest BCUT2D eigenvalue weighted by Gasteiger charge is 2.28. The number of nitrogens with zero attached hydrogens (tertiary/aromatic N) is 3. The summed E-state index contributed by atoms with van der Waals surface area (Å²) in [6.07, 6.45) is 5.80. The van der Waals surface area contributed by atoms with Gasteiger partial charge in [-0.3, -0.25) is 4.79 Å². The van der Waals surface area contributed by atoms with Gasteiger partial charge in [0.1, 0.15) is 17.6 Å². The van der Waals surface area contributed by atoms with Gasteiger partial charge in [0.05, 0.1) is 13.7 Å². The lowest BCUT2D eigenvalue weighted by Crippen LogP contribution is -2.39. The van der Waals surface area contributed by atoms with Gasteiger partial charge in [0, 0.05) is 78.8 Å². The van der Waals surface area contributed by atoms with E-state index in [-0.39, 0.29) is 11.7 Å². The number of fused-ring (bicyclic) bond motifs is 2. The molecule has 0 radical (unpaired) electrons. The Kier molecular flexibility index (Phi) is 6.20. The van der Waals surface area contributed by atoms with Crippen molar-refractivity contribution in [3.63, 3.8) is 0 Å². The molecule has 1 unspecified atom stereocenters. The number of rotatable bonds is 6. The molecule has 2 N–H and O–H groups in total. The van der Waals surface area contributed by atoms with Crippen LogP contribution in [0.15, 0.2) is 71.9 Å². The molecule has 9 nitrogen and oxygen atoms in total. The molecule has 4 aromatic rings. The third-order valence-corrected chi connectivity index (χ3v) is 6.68. The minimum absolute atomic E-state index is 0.108. The van der Waals surface area contributed by atoms with Gasteiger partial charge in [0.25, 0.3) is 0 Å². The number of H-pyrrole nitrogens is 1. The highest BCUT2D eigenvalue weighted by Crippen LogP contribution is 2.43. The zero-order valence-electron chi connectivity index (χ0n) is 20.4. The maximum Gasteiger partial charge on any atom is 0.316 e. The molecule has 0 bridgehead atoms. The monoisotopic (exact) mass is 497 g/mol. The number of nitrogens with one attached hydrogen (secondary N) is 2. The van der Waals surface area contributed by atoms with Crippen molar-refractivity contribution in [2.75, 3.05) is 37.0 Å². The minimum atomic E-state index is -0.155. The fourth-order valence-corrected chi connectivity index (χ4v) is 4.81. The molecule has 37 heavy (non-hydrogen) atoms. The van der Waals surface area contributed by atoms with E-state index in [1.54, 1.807) is 31.8 Å². The quantitative estimate of drug-likeness (QED) is 0.362. The number of morpholine rings is 1. The molecular weight excluding hydrogens is 470 g/mol. The van der Waals surface area contributed by atoms with Crippen LogP contribution in [0.5, 0.6) is 17.5 Å². The Hall–Kier alpha value is -4.37. The van der Waals surface area contributed by atoms with Crippen molar-refractivity contribution >= 4 is 11.4 Å². The molecule has 4 heterocycles. The van der Waals surface area contributed by atoms with E-state index in [4.69, 9.17) is 14.2 Å². The predicted molar refractivity (Wildman–Crippen MR) is 140 cm³/mol. The summed E-state index contributed by atoms with van der Waals surface area (Å²) in [7, 11) is 1.55. The highest BCUT2D eigenvalue weighted by molar-refractivity contribution is 5.59. The number of methoxy groups -OCH3 is 1. The molecule has 2 aromatic heterocycles. The van der Waals surface area contributed by atoms with Crippen molar-refractivity contribution in [3.05, 3.63) is 99.7 Å². The number of hydrogen-bond donors (Lipinski definition) is 2. The van der Waals surface area contributed by atoms with Gasteiger partial charge in [-0.1, -0.05) is 18.2 Å². The molecule has 9 heteroatoms. The van der Waals surface area contributed by atoms with Crippen LogP contribution < -0.4 is 25.2 Å². The Morgan fingerprint density at radius 1 is 1.14 bits per heavy atom. The van der Waals surface area contributed by atoms with Gasteiger partial charge >= 0.3 is 6.01 Å². The van der Waals surface area contributed by atoms with Crippen LogP contribution in [0.3, 0.4) is 0 Å². The van der Waals surface area contributed by atoms with E-state index < -0.39 is 0 Å². The summed E-state index contributed by atoms with van der Waals surface area (Å²) in [5, 5.41) is 3.43. The smallest absolute Gasteiger partial charge is 0.316 e. The number of ether oxygens (including phenoxy) is 3. The van der Waals surface area contributed by atoms with E-state index in [2.05, 4.69) is 49.4 Å². The van der Waals surface area contributed by atoms with Crippen LogP contribution in [0.4, 0.5) is 11.4 Å². The van der Waals surface area contributed by atoms with Crippen molar-refractivity contribution in [1.82, 2.24) is 15.0 Å². The summed E-state index contributed by atoms with van der Waals surface area (Å²) in [5.74, 6) is 1.71. The zero-order valence-corrected chi connectivity index (χ0v) is 20.4. The average Bonchev–Trinajstić information content (AvgIpc) is 2.95. The van der Waals surface area contributed by atoms with Crippen molar-refractivity contribution in [2.45, 2.75) is 19.1 Å². The van der Waals surface area contributed by atoms with E-state index in [9.17, 15) is 4.79 Å². The number of benzene rings is 2. The van der Waals surface area contributed by atoms with Crippen LogP contribution in [0.1, 0.15) is 28.4 Å². The second-order valence-electron chi connectivity index (χ2n) is 9.08. The fourth-order valence-electron chi connectivity index (χ4n) is 4.81. The second-order valence-corrected chi connectivity index (χ2v) is 9.08. The summed E-state index contributed by atoms with van der Waals surface area (Å²) in [6, 6.07) is 16.3. The van der Waals surface area contributed by atoms with Crippen molar-refractivity contribution < 1.29 is 14.2 Å². The molecule has 0 saturated carbocycles. The third kappa shape index (κ3) is 4.85. The second kappa shape index (κ2) is 9.94.